The number of phenolic OH excluding ortho intramolecular Hbond substituents is 3. The highest BCUT2D eigenvalue weighted by Gasteiger charge is 2.36. The van der Waals surface area contributed by atoms with Gasteiger partial charge in [-0.1, -0.05) is 19.6 Å². The Balaban J connectivity index is 0.000000322. The molecule has 8 rings (SSSR count). The Morgan fingerprint density at radius 2 is 1.09 bits per heavy atom. The van der Waals surface area contributed by atoms with E-state index in [1.165, 1.54) is 101 Å². The maximum absolute atomic E-state index is 12.8. The SMILES string of the molecule is C.Cl.O=Cc1c(O)cccc1O.O=Cc1c(O)cccc1OC[C@@H]1CCCN1S(=O)(=O)c1cccnc1.O=S(=O)(Cl)c1cccnc1.O=S(=O)(c1cccnc1)N1CCC[C@H]1CO.OC[C@@H]1CCCN1. The third-order valence-electron chi connectivity index (χ3n) is 10.4. The molecule has 5 aromatic rings. The standard InChI is InChI=1S/C17H18N2O5S.C10H14N2O3S.C7H6O3.C5H4ClNO2S.C5H11NO.CH4.ClH/c20-11-15-16(21)6-1-7-17(15)24-12-13-4-3-9-19(13)25(22,23)14-5-2-8-18-10-14;13-8-9-3-2-6-12(9)16(14,15)10-4-1-5-11-7-10;8-4-5-6(9)2-1-3-7(5)10;6-10(8,9)5-2-1-3-7-4-5;7-4-5-2-1-3-6-5;;/h1-2,5-8,10-11,13,21H,3-4,9,12H2;1,4-5,7,9,13H,2-3,6,8H2;1-4,9-10H;1-4H;5-7H,1-4H2;1H4;1H/t13-;9-;;;5-;;/m00..0../s1. The fourth-order valence-corrected chi connectivity index (χ4v) is 10.9. The van der Waals surface area contributed by atoms with Crippen molar-refractivity contribution in [2.45, 2.75) is 78.8 Å². The molecule has 3 aliphatic heterocycles. The first kappa shape index (κ1) is 60.8. The number of carbonyl (C=O) groups excluding carboxylic acids is 2. The van der Waals surface area contributed by atoms with Crippen LogP contribution in [0.2, 0.25) is 0 Å². The van der Waals surface area contributed by atoms with Crippen LogP contribution >= 0.6 is 23.1 Å². The number of aliphatic hydroxyl groups excluding tert-OH is 2. The molecule has 0 saturated carbocycles. The van der Waals surface area contributed by atoms with Crippen molar-refractivity contribution in [2.75, 3.05) is 39.5 Å². The molecule has 2 aromatic carbocycles. The first-order valence-electron chi connectivity index (χ1n) is 21.0. The van der Waals surface area contributed by atoms with Crippen LogP contribution in [0.25, 0.3) is 0 Å². The number of phenols is 3. The van der Waals surface area contributed by atoms with E-state index in [1.807, 2.05) is 0 Å². The number of nitrogens with one attached hydrogen (secondary N) is 1. The molecule has 0 amide bonds. The Morgan fingerprint density at radius 1 is 0.629 bits per heavy atom. The number of halogens is 2. The summed E-state index contributed by atoms with van der Waals surface area (Å²) in [6.07, 6.45) is 14.6. The monoisotopic (exact) mass is 1070 g/mol. The number of sulfonamides is 2. The van der Waals surface area contributed by atoms with Gasteiger partial charge in [0.25, 0.3) is 9.05 Å². The summed E-state index contributed by atoms with van der Waals surface area (Å²) in [5, 5.41) is 48.3. The maximum atomic E-state index is 12.8. The second kappa shape index (κ2) is 29.8. The zero-order valence-corrected chi connectivity index (χ0v) is 40.9. The Hall–Kier alpha value is -5.34. The van der Waals surface area contributed by atoms with Gasteiger partial charge in [-0.25, -0.2) is 25.3 Å². The minimum atomic E-state index is -3.64. The van der Waals surface area contributed by atoms with Crippen LogP contribution in [-0.2, 0) is 29.1 Å². The van der Waals surface area contributed by atoms with Gasteiger partial charge in [0.15, 0.2) is 12.6 Å². The maximum Gasteiger partial charge on any atom is 0.262 e. The van der Waals surface area contributed by atoms with Crippen LogP contribution in [0.5, 0.6) is 23.0 Å². The zero-order chi connectivity index (χ0) is 49.7. The number of hydrogen-bond acceptors (Lipinski definition) is 18. The number of rotatable bonds is 12. The van der Waals surface area contributed by atoms with E-state index < -0.39 is 29.1 Å². The Kier molecular flexibility index (Phi) is 25.8. The summed E-state index contributed by atoms with van der Waals surface area (Å²) in [6, 6.07) is 17.5. The Morgan fingerprint density at radius 3 is 1.46 bits per heavy atom. The van der Waals surface area contributed by atoms with Gasteiger partial charge in [0.2, 0.25) is 20.0 Å². The summed E-state index contributed by atoms with van der Waals surface area (Å²) in [7, 11) is -5.74. The third kappa shape index (κ3) is 17.5. The van der Waals surface area contributed by atoms with Crippen molar-refractivity contribution in [1.82, 2.24) is 28.9 Å². The lowest BCUT2D eigenvalue weighted by molar-refractivity contribution is 0.110. The second-order valence-corrected chi connectivity index (χ2v) is 21.3. The highest BCUT2D eigenvalue weighted by atomic mass is 35.7. The van der Waals surface area contributed by atoms with Crippen molar-refractivity contribution < 1.29 is 65.1 Å². The molecule has 3 atom stereocenters. The van der Waals surface area contributed by atoms with Crippen molar-refractivity contribution in [3.8, 4) is 23.0 Å². The van der Waals surface area contributed by atoms with Crippen molar-refractivity contribution in [3.05, 3.63) is 121 Å². The lowest BCUT2D eigenvalue weighted by atomic mass is 10.2. The van der Waals surface area contributed by atoms with Crippen LogP contribution in [0.15, 0.2) is 125 Å². The number of aromatic nitrogens is 3. The summed E-state index contributed by atoms with van der Waals surface area (Å²) >= 11 is 0. The number of ether oxygens (including phenoxy) is 1. The summed E-state index contributed by atoms with van der Waals surface area (Å²) < 4.78 is 79.4. The van der Waals surface area contributed by atoms with Crippen molar-refractivity contribution in [2.24, 2.45) is 0 Å². The van der Waals surface area contributed by atoms with E-state index in [4.69, 9.17) is 35.8 Å². The van der Waals surface area contributed by atoms with Gasteiger partial charge < -0.3 is 35.6 Å². The van der Waals surface area contributed by atoms with E-state index in [2.05, 4.69) is 20.3 Å². The van der Waals surface area contributed by atoms with E-state index in [0.29, 0.717) is 44.7 Å². The summed E-state index contributed by atoms with van der Waals surface area (Å²) in [5.74, 6) is -0.329. The average molecular weight is 1070 g/mol. The normalized spacial score (nSPS) is 17.7. The van der Waals surface area contributed by atoms with Crippen LogP contribution in [0.3, 0.4) is 0 Å². The molecule has 0 unspecified atom stereocenters. The molecule has 0 radical (unpaired) electrons. The molecule has 0 spiro atoms. The molecule has 6 N–H and O–H groups in total. The van der Waals surface area contributed by atoms with Crippen molar-refractivity contribution in [3.63, 3.8) is 0 Å². The minimum absolute atomic E-state index is 0. The quantitative estimate of drug-likeness (QED) is 0.0724. The number of carbonyl (C=O) groups is 2. The largest absolute Gasteiger partial charge is 0.507 e. The van der Waals surface area contributed by atoms with Crippen LogP contribution in [-0.4, -0.2) is 145 Å². The third-order valence-corrected chi connectivity index (χ3v) is 15.6. The molecule has 25 heteroatoms. The van der Waals surface area contributed by atoms with Gasteiger partial charge in [0, 0.05) is 73.0 Å². The van der Waals surface area contributed by atoms with Gasteiger partial charge in [0.1, 0.15) is 44.3 Å². The predicted molar refractivity (Wildman–Crippen MR) is 263 cm³/mol. The Bertz CT molecular complexity index is 2680. The van der Waals surface area contributed by atoms with Gasteiger partial charge >= 0.3 is 0 Å². The van der Waals surface area contributed by atoms with E-state index >= 15 is 0 Å². The average Bonchev–Trinajstić information content (AvgIpc) is 4.16. The number of nitrogens with zero attached hydrogens (tertiary/aromatic N) is 5. The minimum Gasteiger partial charge on any atom is -0.507 e. The van der Waals surface area contributed by atoms with Crippen LogP contribution in [0, 0.1) is 0 Å². The highest BCUT2D eigenvalue weighted by molar-refractivity contribution is 8.13. The lowest BCUT2D eigenvalue weighted by Gasteiger charge is -2.24. The zero-order valence-electron chi connectivity index (χ0n) is 36.9. The molecular formula is C45H58Cl2N6O14S3. The number of aliphatic hydroxyl groups is 2. The lowest BCUT2D eigenvalue weighted by Crippen LogP contribution is -2.39. The smallest absolute Gasteiger partial charge is 0.262 e. The fraction of sp³-hybridized carbons (Fsp3) is 0.356. The topological polar surface area (TPSA) is 304 Å². The molecular weight excluding hydrogens is 1020 g/mol. The molecule has 3 saturated heterocycles. The predicted octanol–water partition coefficient (Wildman–Crippen LogP) is 4.77. The number of aldehydes is 2. The van der Waals surface area contributed by atoms with Crippen LogP contribution in [0.1, 0.15) is 66.7 Å². The summed E-state index contributed by atoms with van der Waals surface area (Å²) in [5.41, 5.74) is -0.00957. The number of benzene rings is 2. The van der Waals surface area contributed by atoms with Gasteiger partial charge in [-0.05, 0) is 106 Å². The molecule has 0 bridgehead atoms. The number of hydrogen-bond donors (Lipinski definition) is 6. The van der Waals surface area contributed by atoms with Crippen molar-refractivity contribution in [1.29, 1.82) is 0 Å². The highest BCUT2D eigenvalue weighted by Crippen LogP contribution is 2.30. The molecule has 3 fully saturated rings. The van der Waals surface area contributed by atoms with Gasteiger partial charge in [-0.3, -0.25) is 24.5 Å². The molecule has 3 aromatic heterocycles. The molecule has 70 heavy (non-hydrogen) atoms. The number of pyridine rings is 3. The molecule has 3 aliphatic rings. The number of aromatic hydroxyl groups is 3. The van der Waals surface area contributed by atoms with Crippen LogP contribution < -0.4 is 10.1 Å². The molecule has 0 aliphatic carbocycles. The van der Waals surface area contributed by atoms with Gasteiger partial charge in [-0.2, -0.15) is 8.61 Å². The molecule has 20 nitrogen and oxygen atoms in total. The molecule has 6 heterocycles. The second-order valence-electron chi connectivity index (χ2n) is 14.9. The van der Waals surface area contributed by atoms with E-state index in [0.717, 1.165) is 32.2 Å². The van der Waals surface area contributed by atoms with Crippen molar-refractivity contribution >= 4 is 64.8 Å². The van der Waals surface area contributed by atoms with E-state index in [9.17, 15) is 39.9 Å². The first-order valence-corrected chi connectivity index (χ1v) is 26.2. The van der Waals surface area contributed by atoms with Gasteiger partial charge in [0.05, 0.1) is 30.4 Å². The Labute approximate surface area is 418 Å². The summed E-state index contributed by atoms with van der Waals surface area (Å²) in [4.78, 5) is 32.9. The first-order chi connectivity index (χ1) is 32.5. The fourth-order valence-electron chi connectivity index (χ4n) is 6.90. The molecule has 384 valence electrons. The summed E-state index contributed by atoms with van der Waals surface area (Å²) in [6.45, 7) is 2.25. The van der Waals surface area contributed by atoms with E-state index in [-0.39, 0.29) is 93.9 Å². The van der Waals surface area contributed by atoms with Gasteiger partial charge in [-0.15, -0.1) is 12.4 Å². The van der Waals surface area contributed by atoms with Crippen LogP contribution in [0.4, 0.5) is 0 Å². The van der Waals surface area contributed by atoms with E-state index in [1.54, 1.807) is 24.3 Å².